The van der Waals surface area contributed by atoms with E-state index in [1.165, 1.54) is 36.8 Å². The van der Waals surface area contributed by atoms with E-state index in [-0.39, 0.29) is 0 Å². The van der Waals surface area contributed by atoms with Crippen molar-refractivity contribution in [1.29, 1.82) is 0 Å². The van der Waals surface area contributed by atoms with Crippen molar-refractivity contribution in [3.8, 4) is 0 Å². The number of rotatable bonds is 3. The van der Waals surface area contributed by atoms with Gasteiger partial charge in [-0.2, -0.15) is 0 Å². The summed E-state index contributed by atoms with van der Waals surface area (Å²) >= 11 is 0. The third kappa shape index (κ3) is 2.25. The average Bonchev–Trinajstić information content (AvgIpc) is 2.72. The van der Waals surface area contributed by atoms with Gasteiger partial charge in [0.15, 0.2) is 0 Å². The standard InChI is InChI=1S/C14H18/c1-12(14-9-5-6-10-14)11-13-7-3-2-4-8-13/h2-4,7-8,14H,1,5-6,9-11H2. The van der Waals surface area contributed by atoms with Crippen molar-refractivity contribution in [3.05, 3.63) is 48.0 Å². The summed E-state index contributed by atoms with van der Waals surface area (Å²) in [5, 5.41) is 0. The van der Waals surface area contributed by atoms with Gasteiger partial charge in [-0.3, -0.25) is 0 Å². The minimum Gasteiger partial charge on any atom is -0.0992 e. The zero-order chi connectivity index (χ0) is 9.80. The summed E-state index contributed by atoms with van der Waals surface area (Å²) in [6.45, 7) is 4.23. The Labute approximate surface area is 86.7 Å². The normalized spacial score (nSPS) is 17.1. The maximum atomic E-state index is 4.23. The van der Waals surface area contributed by atoms with Gasteiger partial charge in [0.2, 0.25) is 0 Å². The maximum absolute atomic E-state index is 4.23. The van der Waals surface area contributed by atoms with Gasteiger partial charge in [0.1, 0.15) is 0 Å². The van der Waals surface area contributed by atoms with Crippen LogP contribution < -0.4 is 0 Å². The Balaban J connectivity index is 1.94. The van der Waals surface area contributed by atoms with E-state index < -0.39 is 0 Å². The fourth-order valence-electron chi connectivity index (χ4n) is 2.34. The maximum Gasteiger partial charge on any atom is -0.00670 e. The van der Waals surface area contributed by atoms with Gasteiger partial charge in [-0.1, -0.05) is 55.3 Å². The Bertz CT molecular complexity index is 291. The van der Waals surface area contributed by atoms with Crippen LogP contribution in [0.1, 0.15) is 31.2 Å². The highest BCUT2D eigenvalue weighted by molar-refractivity contribution is 5.21. The van der Waals surface area contributed by atoms with Gasteiger partial charge >= 0.3 is 0 Å². The van der Waals surface area contributed by atoms with Crippen LogP contribution in [0.2, 0.25) is 0 Å². The molecule has 0 unspecified atom stereocenters. The SMILES string of the molecule is C=C(Cc1ccccc1)C1CCCC1. The first-order valence-corrected chi connectivity index (χ1v) is 5.58. The van der Waals surface area contributed by atoms with E-state index in [4.69, 9.17) is 0 Å². The Morgan fingerprint density at radius 1 is 1.14 bits per heavy atom. The number of allylic oxidation sites excluding steroid dienone is 1. The molecule has 1 fully saturated rings. The van der Waals surface area contributed by atoms with Crippen molar-refractivity contribution in [1.82, 2.24) is 0 Å². The van der Waals surface area contributed by atoms with E-state index in [0.29, 0.717) is 0 Å². The first kappa shape index (κ1) is 9.51. The third-order valence-corrected chi connectivity index (χ3v) is 3.21. The first-order valence-electron chi connectivity index (χ1n) is 5.58. The molecule has 0 nitrogen and oxygen atoms in total. The highest BCUT2D eigenvalue weighted by atomic mass is 14.2. The van der Waals surface area contributed by atoms with Crippen molar-refractivity contribution in [2.75, 3.05) is 0 Å². The van der Waals surface area contributed by atoms with Crippen LogP contribution in [-0.4, -0.2) is 0 Å². The average molecular weight is 186 g/mol. The van der Waals surface area contributed by atoms with Crippen LogP contribution in [0.5, 0.6) is 0 Å². The summed E-state index contributed by atoms with van der Waals surface area (Å²) in [6.07, 6.45) is 6.61. The minimum absolute atomic E-state index is 0.801. The first-order chi connectivity index (χ1) is 6.86. The molecule has 0 atom stereocenters. The second-order valence-corrected chi connectivity index (χ2v) is 4.30. The molecule has 0 aromatic heterocycles. The number of hydrogen-bond donors (Lipinski definition) is 0. The van der Waals surface area contributed by atoms with Crippen LogP contribution in [0, 0.1) is 5.92 Å². The zero-order valence-electron chi connectivity index (χ0n) is 8.71. The molecule has 14 heavy (non-hydrogen) atoms. The number of hydrogen-bond acceptors (Lipinski definition) is 0. The van der Waals surface area contributed by atoms with Crippen molar-refractivity contribution in [3.63, 3.8) is 0 Å². The van der Waals surface area contributed by atoms with Crippen LogP contribution in [0.3, 0.4) is 0 Å². The van der Waals surface area contributed by atoms with Gasteiger partial charge in [0.05, 0.1) is 0 Å². The molecule has 0 heterocycles. The van der Waals surface area contributed by atoms with Gasteiger partial charge < -0.3 is 0 Å². The Hall–Kier alpha value is -1.04. The molecule has 0 bridgehead atoms. The molecule has 1 aliphatic rings. The third-order valence-electron chi connectivity index (χ3n) is 3.21. The molecule has 0 radical (unpaired) electrons. The van der Waals surface area contributed by atoms with E-state index in [0.717, 1.165) is 12.3 Å². The van der Waals surface area contributed by atoms with Crippen LogP contribution in [0.25, 0.3) is 0 Å². The highest BCUT2D eigenvalue weighted by Crippen LogP contribution is 2.31. The smallest absolute Gasteiger partial charge is 0.00670 e. The van der Waals surface area contributed by atoms with E-state index in [1.54, 1.807) is 0 Å². The van der Waals surface area contributed by atoms with Gasteiger partial charge in [-0.05, 0) is 30.7 Å². The zero-order valence-corrected chi connectivity index (χ0v) is 8.71. The lowest BCUT2D eigenvalue weighted by atomic mass is 9.93. The van der Waals surface area contributed by atoms with Crippen molar-refractivity contribution < 1.29 is 0 Å². The van der Waals surface area contributed by atoms with Crippen LogP contribution in [0.4, 0.5) is 0 Å². The van der Waals surface area contributed by atoms with E-state index in [2.05, 4.69) is 36.9 Å². The molecule has 0 N–H and O–H groups in total. The van der Waals surface area contributed by atoms with Gasteiger partial charge in [0, 0.05) is 0 Å². The molecule has 1 aliphatic carbocycles. The molecule has 1 saturated carbocycles. The molecule has 2 rings (SSSR count). The van der Waals surface area contributed by atoms with Crippen LogP contribution in [-0.2, 0) is 6.42 Å². The molecule has 1 aromatic rings. The lowest BCUT2D eigenvalue weighted by Crippen LogP contribution is -2.00. The molecule has 0 amide bonds. The molecule has 0 saturated heterocycles. The molecule has 1 aromatic carbocycles. The van der Waals surface area contributed by atoms with Gasteiger partial charge in [0.25, 0.3) is 0 Å². The summed E-state index contributed by atoms with van der Waals surface area (Å²) in [5.41, 5.74) is 2.85. The van der Waals surface area contributed by atoms with Crippen LogP contribution in [0.15, 0.2) is 42.5 Å². The van der Waals surface area contributed by atoms with E-state index in [1.807, 2.05) is 0 Å². The lowest BCUT2D eigenvalue weighted by molar-refractivity contribution is 0.628. The molecule has 0 spiro atoms. The summed E-state index contributed by atoms with van der Waals surface area (Å²) in [6, 6.07) is 10.7. The predicted molar refractivity (Wildman–Crippen MR) is 61.2 cm³/mol. The Morgan fingerprint density at radius 2 is 1.79 bits per heavy atom. The monoisotopic (exact) mass is 186 g/mol. The topological polar surface area (TPSA) is 0 Å². The molecular weight excluding hydrogens is 168 g/mol. The molecular formula is C14H18. The largest absolute Gasteiger partial charge is 0.0992 e. The second kappa shape index (κ2) is 4.45. The molecule has 0 heteroatoms. The quantitative estimate of drug-likeness (QED) is 0.626. The summed E-state index contributed by atoms with van der Waals surface area (Å²) in [7, 11) is 0. The Morgan fingerprint density at radius 3 is 2.43 bits per heavy atom. The van der Waals surface area contributed by atoms with Crippen molar-refractivity contribution in [2.24, 2.45) is 5.92 Å². The number of benzene rings is 1. The van der Waals surface area contributed by atoms with Gasteiger partial charge in [-0.15, -0.1) is 0 Å². The summed E-state index contributed by atoms with van der Waals surface area (Å²) < 4.78 is 0. The van der Waals surface area contributed by atoms with Crippen LogP contribution >= 0.6 is 0 Å². The van der Waals surface area contributed by atoms with Gasteiger partial charge in [-0.25, -0.2) is 0 Å². The van der Waals surface area contributed by atoms with Crippen molar-refractivity contribution in [2.45, 2.75) is 32.1 Å². The fraction of sp³-hybridized carbons (Fsp3) is 0.429. The molecule has 74 valence electrons. The summed E-state index contributed by atoms with van der Waals surface area (Å²) in [4.78, 5) is 0. The van der Waals surface area contributed by atoms with Crippen molar-refractivity contribution >= 4 is 0 Å². The highest BCUT2D eigenvalue weighted by Gasteiger charge is 2.17. The van der Waals surface area contributed by atoms with E-state index in [9.17, 15) is 0 Å². The molecule has 0 aliphatic heterocycles. The van der Waals surface area contributed by atoms with E-state index >= 15 is 0 Å². The fourth-order valence-corrected chi connectivity index (χ4v) is 2.34. The Kier molecular flexibility index (Phi) is 3.03. The summed E-state index contributed by atoms with van der Waals surface area (Å²) in [5.74, 6) is 0.801. The minimum atomic E-state index is 0.801. The predicted octanol–water partition coefficient (Wildman–Crippen LogP) is 3.98. The lowest BCUT2D eigenvalue weighted by Gasteiger charge is -2.12. The second-order valence-electron chi connectivity index (χ2n) is 4.30.